The molecule has 0 rings (SSSR count). The van der Waals surface area contributed by atoms with Gasteiger partial charge in [0.2, 0.25) is 17.7 Å². The largest absolute Gasteiger partial charge is 0.463 e. The Kier molecular flexibility index (Phi) is 36.8. The van der Waals surface area contributed by atoms with Crippen LogP contribution in [-0.2, 0) is 100 Å². The van der Waals surface area contributed by atoms with Crippen molar-refractivity contribution in [1.29, 1.82) is 0 Å². The first-order chi connectivity index (χ1) is 44.9. The van der Waals surface area contributed by atoms with Gasteiger partial charge in [0, 0.05) is 99.2 Å². The maximum Gasteiger partial charge on any atom is 0.306 e. The van der Waals surface area contributed by atoms with Crippen molar-refractivity contribution >= 4 is 71.4 Å². The van der Waals surface area contributed by atoms with Crippen LogP contribution in [0.5, 0.6) is 0 Å². The molecule has 0 aliphatic carbocycles. The Bertz CT molecular complexity index is 2400. The fourth-order valence-corrected chi connectivity index (χ4v) is 10.8. The zero-order chi connectivity index (χ0) is 78.0. The van der Waals surface area contributed by atoms with E-state index >= 15 is 0 Å². The Morgan fingerprint density at radius 3 is 0.510 bits per heavy atom. The summed E-state index contributed by atoms with van der Waals surface area (Å²) in [5.74, 6) is -7.47. The van der Waals surface area contributed by atoms with Crippen LogP contribution >= 0.6 is 0 Å². The number of rotatable bonds is 40. The third kappa shape index (κ3) is 48.4. The van der Waals surface area contributed by atoms with Crippen molar-refractivity contribution in [2.24, 2.45) is 5.73 Å². The van der Waals surface area contributed by atoms with Gasteiger partial charge in [-0.15, -0.1) is 0 Å². The van der Waals surface area contributed by atoms with Crippen LogP contribution in [0.3, 0.4) is 0 Å². The van der Waals surface area contributed by atoms with Crippen molar-refractivity contribution in [3.63, 3.8) is 0 Å². The third-order valence-electron chi connectivity index (χ3n) is 14.8. The molecule has 0 atom stereocenters. The van der Waals surface area contributed by atoms with E-state index in [4.69, 9.17) is 48.4 Å². The Labute approximate surface area is 598 Å². The highest BCUT2D eigenvalue weighted by molar-refractivity contribution is 5.81. The molecule has 0 unspecified atom stereocenters. The quantitative estimate of drug-likeness (QED) is 0.0327. The van der Waals surface area contributed by atoms with Crippen molar-refractivity contribution in [2.45, 2.75) is 407 Å². The van der Waals surface area contributed by atoms with Crippen LogP contribution in [0.25, 0.3) is 0 Å². The second-order valence-corrected chi connectivity index (χ2v) is 35.1. The molecule has 25 heteroatoms. The molecule has 0 aromatic carbocycles. The van der Waals surface area contributed by atoms with E-state index in [1.807, 2.05) is 0 Å². The molecule has 25 nitrogen and oxygen atoms in total. The van der Waals surface area contributed by atoms with Gasteiger partial charge in [-0.05, 0) is 257 Å². The summed E-state index contributed by atoms with van der Waals surface area (Å²) in [4.78, 5) is 166. The van der Waals surface area contributed by atoms with Gasteiger partial charge in [-0.2, -0.15) is 0 Å². The maximum absolute atomic E-state index is 14.9. The molecule has 0 saturated heterocycles. The summed E-state index contributed by atoms with van der Waals surface area (Å²) in [5.41, 5.74) is -5.63. The van der Waals surface area contributed by atoms with Crippen molar-refractivity contribution in [2.75, 3.05) is 0 Å². The van der Waals surface area contributed by atoms with E-state index in [9.17, 15) is 57.5 Å². The molecular weight excluding hydrogens is 1290 g/mol. The Balaban J connectivity index is 8.42. The van der Waals surface area contributed by atoms with Crippen LogP contribution in [0.1, 0.15) is 334 Å². The predicted molar refractivity (Wildman–Crippen MR) is 378 cm³/mol. The minimum atomic E-state index is -1.61. The first-order valence-corrected chi connectivity index (χ1v) is 35.6. The monoisotopic (exact) mass is 1420 g/mol. The normalized spacial score (nSPS) is 13.1. The zero-order valence-corrected chi connectivity index (χ0v) is 66.2. The van der Waals surface area contributed by atoms with Crippen LogP contribution < -0.4 is 21.7 Å². The summed E-state index contributed by atoms with van der Waals surface area (Å²) < 4.78 is 50.8. The van der Waals surface area contributed by atoms with Crippen LogP contribution in [0.15, 0.2) is 0 Å². The van der Waals surface area contributed by atoms with Crippen LogP contribution in [-0.4, -0.2) is 145 Å². The van der Waals surface area contributed by atoms with Crippen LogP contribution in [0, 0.1) is 0 Å². The number of carbonyl (C=O) groups excluding carboxylic acids is 12. The highest BCUT2D eigenvalue weighted by Crippen LogP contribution is 2.34. The molecular formula is C75H132N4O21. The molecule has 0 spiro atoms. The number of carbonyl (C=O) groups is 12. The second kappa shape index (κ2) is 39.3. The summed E-state index contributed by atoms with van der Waals surface area (Å²) in [7, 11) is 0. The zero-order valence-electron chi connectivity index (χ0n) is 66.2. The number of nitrogens with two attached hydrogens (primary N) is 1. The topological polar surface area (TPSA) is 350 Å². The van der Waals surface area contributed by atoms with Gasteiger partial charge in [-0.25, -0.2) is 0 Å². The van der Waals surface area contributed by atoms with Crippen molar-refractivity contribution in [3.8, 4) is 0 Å². The molecule has 0 aliphatic rings. The molecule has 0 aromatic heterocycles. The van der Waals surface area contributed by atoms with Crippen molar-refractivity contribution in [3.05, 3.63) is 0 Å². The molecule has 5 N–H and O–H groups in total. The molecule has 3 amide bonds. The molecule has 100 heavy (non-hydrogen) atoms. The second-order valence-electron chi connectivity index (χ2n) is 35.1. The molecule has 0 saturated carbocycles. The van der Waals surface area contributed by atoms with E-state index in [1.54, 1.807) is 180 Å². The summed E-state index contributed by atoms with van der Waals surface area (Å²) in [6, 6.07) is 0. The summed E-state index contributed by atoms with van der Waals surface area (Å²) in [6.45, 7) is 44.1. The molecule has 578 valence electrons. The molecule has 0 aliphatic heterocycles. The minimum absolute atomic E-state index is 0.0982. The lowest BCUT2D eigenvalue weighted by Crippen LogP contribution is -2.52. The van der Waals surface area contributed by atoms with E-state index < -0.39 is 164 Å². The summed E-state index contributed by atoms with van der Waals surface area (Å²) in [6.07, 6.45) is -5.59. The molecule has 0 radical (unpaired) electrons. The number of amides is 3. The van der Waals surface area contributed by atoms with Gasteiger partial charge in [-0.1, -0.05) is 0 Å². The van der Waals surface area contributed by atoms with Crippen LogP contribution in [0.2, 0.25) is 0 Å². The lowest BCUT2D eigenvalue weighted by molar-refractivity contribution is -0.158. The van der Waals surface area contributed by atoms with Gasteiger partial charge >= 0.3 is 53.7 Å². The first-order valence-electron chi connectivity index (χ1n) is 35.6. The van der Waals surface area contributed by atoms with Crippen LogP contribution in [0.4, 0.5) is 0 Å². The van der Waals surface area contributed by atoms with E-state index in [2.05, 4.69) is 16.0 Å². The van der Waals surface area contributed by atoms with Gasteiger partial charge in [0.05, 0.1) is 6.10 Å². The van der Waals surface area contributed by atoms with Gasteiger partial charge < -0.3 is 64.3 Å². The SMILES string of the molecule is CC(C)OC(=O)CCC(CCC(=O)OC(C)(C)C)(CCC(=O)OC(C)(C)C)NC(=O)CCC(N)(CCC(=O)NC(CCC(=O)OC(C)(C)C)(CCC(=O)OC(C)(C)C)CCC(=O)OC(C)(C)C)CCC(=O)NC(CCC(=O)OC(C)(C)C)(CCC(=O)OC(C)(C)C)CCC(=O)OC(C)(C)C. The molecule has 0 aromatic rings. The van der Waals surface area contributed by atoms with E-state index in [-0.39, 0.29) is 135 Å². The molecule has 0 bridgehead atoms. The smallest absolute Gasteiger partial charge is 0.306 e. The van der Waals surface area contributed by atoms with E-state index in [1.165, 1.54) is 0 Å². The Hall–Kier alpha value is -6.40. The molecule has 0 fully saturated rings. The number of hydrogen-bond donors (Lipinski definition) is 4. The highest BCUT2D eigenvalue weighted by Gasteiger charge is 2.41. The number of ether oxygens (including phenoxy) is 9. The first kappa shape index (κ1) is 93.6. The lowest BCUT2D eigenvalue weighted by Gasteiger charge is -2.37. The average molecular weight is 1430 g/mol. The standard InChI is InChI=1S/C75H132N4O21/c1-51(2)92-55(83)30-42-73(43-31-56(84)93-64(3,4)5,44-32-57(85)94-65(6,7)8)77-52(80)27-39-72(76,40-28-53(81)78-74(45-33-58(86)95-66(9,10)11,46-34-59(87)96-67(12,13)14)47-35-60(88)97-68(15,16)17)41-29-54(82)79-75(48-36-61(89)98-69(18,19)20,49-37-62(90)99-70(21,22)23)50-38-63(91)100-71(24,25)26/h51H,27-50,76H2,1-26H3,(H,77,80)(H,78,81)(H,79,82). The summed E-state index contributed by atoms with van der Waals surface area (Å²) in [5, 5.41) is 9.19. The Morgan fingerprint density at radius 1 is 0.240 bits per heavy atom. The van der Waals surface area contributed by atoms with E-state index in [0.29, 0.717) is 0 Å². The third-order valence-corrected chi connectivity index (χ3v) is 14.8. The lowest BCUT2D eigenvalue weighted by atomic mass is 9.81. The number of esters is 9. The minimum Gasteiger partial charge on any atom is -0.463 e. The van der Waals surface area contributed by atoms with Crippen molar-refractivity contribution < 1.29 is 100 Å². The maximum atomic E-state index is 14.9. The predicted octanol–water partition coefficient (Wildman–Crippen LogP) is 12.3. The Morgan fingerprint density at radius 2 is 0.380 bits per heavy atom. The van der Waals surface area contributed by atoms with Crippen molar-refractivity contribution in [1.82, 2.24) is 16.0 Å². The highest BCUT2D eigenvalue weighted by atomic mass is 16.6. The fraction of sp³-hybridized carbons (Fsp3) is 0.840. The average Bonchev–Trinajstić information content (AvgIpc) is 0.842. The van der Waals surface area contributed by atoms with Gasteiger partial charge in [0.15, 0.2) is 0 Å². The van der Waals surface area contributed by atoms with Gasteiger partial charge in [0.25, 0.3) is 0 Å². The van der Waals surface area contributed by atoms with Gasteiger partial charge in [0.1, 0.15) is 44.8 Å². The fourth-order valence-electron chi connectivity index (χ4n) is 10.8. The van der Waals surface area contributed by atoms with Gasteiger partial charge in [-0.3, -0.25) is 57.5 Å². The number of nitrogens with one attached hydrogen (secondary N) is 3. The number of hydrogen-bond acceptors (Lipinski definition) is 22. The van der Waals surface area contributed by atoms with E-state index in [0.717, 1.165) is 0 Å². The molecule has 0 heterocycles. The summed E-state index contributed by atoms with van der Waals surface area (Å²) >= 11 is 0.